The molecule has 2 aliphatic rings. The molecule has 0 saturated carbocycles. The lowest BCUT2D eigenvalue weighted by Crippen LogP contribution is -2.41. The largest absolute Gasteiger partial charge is 0.357 e. The van der Waals surface area contributed by atoms with E-state index in [1.807, 2.05) is 0 Å². The van der Waals surface area contributed by atoms with Crippen molar-refractivity contribution in [3.05, 3.63) is 35.5 Å². The Morgan fingerprint density at radius 2 is 2.16 bits per heavy atom. The van der Waals surface area contributed by atoms with Crippen LogP contribution in [0.3, 0.4) is 0 Å². The van der Waals surface area contributed by atoms with Crippen molar-refractivity contribution < 1.29 is 0 Å². The number of benzene rings is 1. The van der Waals surface area contributed by atoms with Gasteiger partial charge < -0.3 is 4.98 Å². The fraction of sp³-hybridized carbons (Fsp3) is 0.529. The fourth-order valence-electron chi connectivity index (χ4n) is 4.06. The molecule has 0 spiro atoms. The number of hydrogen-bond donors (Lipinski definition) is 1. The van der Waals surface area contributed by atoms with Gasteiger partial charge in [0.1, 0.15) is 0 Å². The SMILES string of the molecule is CC[C@H]1CCN2CCc3c([nH]c4ccccc34)[C@@H]2C1. The Labute approximate surface area is 114 Å². The van der Waals surface area contributed by atoms with Crippen LogP contribution in [0.25, 0.3) is 10.9 Å². The van der Waals surface area contributed by atoms with Gasteiger partial charge in [-0.3, -0.25) is 4.90 Å². The molecular formula is C17H22N2. The molecule has 19 heavy (non-hydrogen) atoms. The van der Waals surface area contributed by atoms with E-state index in [9.17, 15) is 0 Å². The number of piperidine rings is 1. The van der Waals surface area contributed by atoms with Crippen LogP contribution in [0.4, 0.5) is 0 Å². The number of rotatable bonds is 1. The Morgan fingerprint density at radius 3 is 3.05 bits per heavy atom. The molecule has 0 bridgehead atoms. The number of H-pyrrole nitrogens is 1. The second kappa shape index (κ2) is 4.38. The molecule has 2 nitrogen and oxygen atoms in total. The van der Waals surface area contributed by atoms with Crippen molar-refractivity contribution >= 4 is 10.9 Å². The summed E-state index contributed by atoms with van der Waals surface area (Å²) < 4.78 is 0. The highest BCUT2D eigenvalue weighted by molar-refractivity contribution is 5.85. The summed E-state index contributed by atoms with van der Waals surface area (Å²) in [5.41, 5.74) is 4.44. The molecule has 3 heterocycles. The number of para-hydroxylation sites is 1. The first-order valence-electron chi connectivity index (χ1n) is 7.70. The minimum atomic E-state index is 0.648. The van der Waals surface area contributed by atoms with E-state index in [1.54, 1.807) is 5.56 Å². The number of aromatic nitrogens is 1. The molecular weight excluding hydrogens is 232 g/mol. The summed E-state index contributed by atoms with van der Waals surface area (Å²) in [6, 6.07) is 9.45. The van der Waals surface area contributed by atoms with Crippen LogP contribution >= 0.6 is 0 Å². The second-order valence-electron chi connectivity index (χ2n) is 6.16. The predicted molar refractivity (Wildman–Crippen MR) is 79.3 cm³/mol. The Balaban J connectivity index is 1.80. The third-order valence-corrected chi connectivity index (χ3v) is 5.23. The standard InChI is InChI=1S/C17H22N2/c1-2-12-7-9-19-10-8-14-13-5-3-4-6-15(13)18-17(14)16(19)11-12/h3-6,12,16,18H,2,7-11H2,1H3/t12-,16-/m0/s1. The van der Waals surface area contributed by atoms with Crippen LogP contribution in [0.15, 0.2) is 24.3 Å². The van der Waals surface area contributed by atoms with E-state index >= 15 is 0 Å². The van der Waals surface area contributed by atoms with Gasteiger partial charge in [0, 0.05) is 23.1 Å². The number of hydrogen-bond acceptors (Lipinski definition) is 1. The molecule has 1 saturated heterocycles. The van der Waals surface area contributed by atoms with E-state index in [-0.39, 0.29) is 0 Å². The van der Waals surface area contributed by atoms with Crippen LogP contribution in [0, 0.1) is 5.92 Å². The number of aromatic amines is 1. The Morgan fingerprint density at radius 1 is 1.26 bits per heavy atom. The van der Waals surface area contributed by atoms with E-state index in [2.05, 4.69) is 41.1 Å². The van der Waals surface area contributed by atoms with Gasteiger partial charge in [-0.1, -0.05) is 31.5 Å². The van der Waals surface area contributed by atoms with E-state index < -0.39 is 0 Å². The molecule has 2 aromatic rings. The van der Waals surface area contributed by atoms with Crippen LogP contribution in [0.5, 0.6) is 0 Å². The first-order chi connectivity index (χ1) is 9.36. The number of fused-ring (bicyclic) bond motifs is 5. The van der Waals surface area contributed by atoms with Gasteiger partial charge in [-0.15, -0.1) is 0 Å². The highest BCUT2D eigenvalue weighted by Gasteiger charge is 2.34. The number of nitrogens with one attached hydrogen (secondary N) is 1. The van der Waals surface area contributed by atoms with Crippen molar-refractivity contribution in [2.75, 3.05) is 13.1 Å². The summed E-state index contributed by atoms with van der Waals surface area (Å²) in [5, 5.41) is 1.45. The van der Waals surface area contributed by atoms with Crippen molar-refractivity contribution in [1.29, 1.82) is 0 Å². The van der Waals surface area contributed by atoms with Crippen LogP contribution in [0.1, 0.15) is 43.5 Å². The van der Waals surface area contributed by atoms with Gasteiger partial charge in [-0.2, -0.15) is 0 Å². The van der Waals surface area contributed by atoms with Gasteiger partial charge in [-0.05, 0) is 43.4 Å². The van der Waals surface area contributed by atoms with E-state index in [1.165, 1.54) is 55.4 Å². The van der Waals surface area contributed by atoms with Crippen molar-refractivity contribution in [2.24, 2.45) is 5.92 Å². The Bertz CT molecular complexity index is 598. The lowest BCUT2D eigenvalue weighted by atomic mass is 9.84. The minimum absolute atomic E-state index is 0.648. The molecule has 0 radical (unpaired) electrons. The molecule has 1 aromatic heterocycles. The van der Waals surface area contributed by atoms with Crippen molar-refractivity contribution in [2.45, 2.75) is 38.6 Å². The third kappa shape index (κ3) is 1.73. The smallest absolute Gasteiger partial charge is 0.0504 e. The molecule has 100 valence electrons. The normalized spacial score (nSPS) is 27.2. The van der Waals surface area contributed by atoms with Gasteiger partial charge in [-0.25, -0.2) is 0 Å². The molecule has 0 amide bonds. The molecule has 1 aromatic carbocycles. The molecule has 0 aliphatic carbocycles. The van der Waals surface area contributed by atoms with Crippen LogP contribution in [0.2, 0.25) is 0 Å². The first kappa shape index (κ1) is 11.5. The topological polar surface area (TPSA) is 19.0 Å². The summed E-state index contributed by atoms with van der Waals surface area (Å²) in [4.78, 5) is 6.42. The molecule has 2 heteroatoms. The van der Waals surface area contributed by atoms with E-state index in [4.69, 9.17) is 0 Å². The monoisotopic (exact) mass is 254 g/mol. The van der Waals surface area contributed by atoms with Crippen LogP contribution < -0.4 is 0 Å². The zero-order chi connectivity index (χ0) is 12.8. The van der Waals surface area contributed by atoms with Crippen molar-refractivity contribution in [3.8, 4) is 0 Å². The Kier molecular flexibility index (Phi) is 2.66. The second-order valence-corrected chi connectivity index (χ2v) is 6.16. The predicted octanol–water partition coefficient (Wildman–Crippen LogP) is 3.89. The van der Waals surface area contributed by atoms with Gasteiger partial charge in [0.2, 0.25) is 0 Å². The zero-order valence-electron chi connectivity index (χ0n) is 11.7. The zero-order valence-corrected chi connectivity index (χ0v) is 11.7. The minimum Gasteiger partial charge on any atom is -0.357 e. The lowest BCUT2D eigenvalue weighted by molar-refractivity contribution is 0.0993. The highest BCUT2D eigenvalue weighted by atomic mass is 15.2. The van der Waals surface area contributed by atoms with Crippen LogP contribution in [-0.4, -0.2) is 23.0 Å². The molecule has 0 unspecified atom stereocenters. The maximum atomic E-state index is 3.72. The third-order valence-electron chi connectivity index (χ3n) is 5.23. The van der Waals surface area contributed by atoms with E-state index in [0.29, 0.717) is 6.04 Å². The van der Waals surface area contributed by atoms with Gasteiger partial charge in [0.05, 0.1) is 6.04 Å². The lowest BCUT2D eigenvalue weighted by Gasteiger charge is -2.42. The van der Waals surface area contributed by atoms with Gasteiger partial charge in [0.25, 0.3) is 0 Å². The quantitative estimate of drug-likeness (QED) is 0.818. The van der Waals surface area contributed by atoms with Crippen molar-refractivity contribution in [1.82, 2.24) is 9.88 Å². The van der Waals surface area contributed by atoms with Crippen molar-refractivity contribution in [3.63, 3.8) is 0 Å². The maximum absolute atomic E-state index is 3.72. The summed E-state index contributed by atoms with van der Waals surface area (Å²) in [6.07, 6.45) is 5.28. The summed E-state index contributed by atoms with van der Waals surface area (Å²) in [5.74, 6) is 0.915. The summed E-state index contributed by atoms with van der Waals surface area (Å²) >= 11 is 0. The molecule has 1 N–H and O–H groups in total. The first-order valence-corrected chi connectivity index (χ1v) is 7.70. The molecule has 2 aliphatic heterocycles. The molecule has 1 fully saturated rings. The van der Waals surface area contributed by atoms with Crippen LogP contribution in [-0.2, 0) is 6.42 Å². The molecule has 2 atom stereocenters. The summed E-state index contributed by atoms with van der Waals surface area (Å²) in [7, 11) is 0. The van der Waals surface area contributed by atoms with E-state index in [0.717, 1.165) is 5.92 Å². The highest BCUT2D eigenvalue weighted by Crippen LogP contribution is 2.41. The fourth-order valence-corrected chi connectivity index (χ4v) is 4.06. The molecule has 4 rings (SSSR count). The summed E-state index contributed by atoms with van der Waals surface area (Å²) in [6.45, 7) is 4.88. The van der Waals surface area contributed by atoms with Gasteiger partial charge >= 0.3 is 0 Å². The number of nitrogens with zero attached hydrogens (tertiary/aromatic N) is 1. The Hall–Kier alpha value is -1.28. The average molecular weight is 254 g/mol. The maximum Gasteiger partial charge on any atom is 0.0504 e. The average Bonchev–Trinajstić information content (AvgIpc) is 2.85. The van der Waals surface area contributed by atoms with Gasteiger partial charge in [0.15, 0.2) is 0 Å².